The second-order valence-electron chi connectivity index (χ2n) is 12.5. The summed E-state index contributed by atoms with van der Waals surface area (Å²) in [7, 11) is 0. The predicted molar refractivity (Wildman–Crippen MR) is 198 cm³/mol. The molecule has 8 aromatic rings. The van der Waals surface area contributed by atoms with Crippen molar-refractivity contribution in [2.75, 3.05) is 5.73 Å². The van der Waals surface area contributed by atoms with Crippen molar-refractivity contribution in [2.24, 2.45) is 0 Å². The van der Waals surface area contributed by atoms with Crippen molar-refractivity contribution in [3.05, 3.63) is 186 Å². The average Bonchev–Trinajstić information content (AvgIpc) is 3.66. The normalized spacial score (nSPS) is 13.6. The van der Waals surface area contributed by atoms with Crippen LogP contribution < -0.4 is 5.73 Å². The lowest BCUT2D eigenvalue weighted by molar-refractivity contribution is 0.722. The maximum Gasteiger partial charge on any atom is 0.145 e. The van der Waals surface area contributed by atoms with Gasteiger partial charge in [0.15, 0.2) is 0 Å². The molecule has 1 aromatic heterocycles. The summed E-state index contributed by atoms with van der Waals surface area (Å²) in [5, 5.41) is 0. The molecule has 1 spiro atoms. The Labute approximate surface area is 283 Å². The van der Waals surface area contributed by atoms with Crippen LogP contribution in [-0.4, -0.2) is 9.55 Å². The minimum Gasteiger partial charge on any atom is -0.398 e. The predicted octanol–water partition coefficient (Wildman–Crippen LogP) is 10.8. The average molecular weight is 632 g/mol. The lowest BCUT2D eigenvalue weighted by Crippen LogP contribution is -2.32. The number of imidazole rings is 1. The molecule has 0 amide bonds. The Morgan fingerprint density at radius 3 is 1.88 bits per heavy atom. The molecule has 0 atom stereocenters. The summed E-state index contributed by atoms with van der Waals surface area (Å²) in [6.07, 6.45) is 0. The van der Waals surface area contributed by atoms with Crippen molar-refractivity contribution >= 4 is 28.5 Å². The molecular formula is C44H29N3S. The van der Waals surface area contributed by atoms with E-state index in [0.29, 0.717) is 0 Å². The number of hydrogen-bond donors (Lipinski definition) is 1. The lowest BCUT2D eigenvalue weighted by Gasteiger charge is -2.39. The maximum atomic E-state index is 6.98. The topological polar surface area (TPSA) is 43.8 Å². The van der Waals surface area contributed by atoms with Gasteiger partial charge in [0.2, 0.25) is 0 Å². The zero-order chi connectivity index (χ0) is 31.8. The Hall–Kier alpha value is -5.84. The minimum atomic E-state index is -0.437. The number of aromatic nitrogens is 2. The van der Waals surface area contributed by atoms with Gasteiger partial charge in [0.05, 0.1) is 16.4 Å². The summed E-state index contributed by atoms with van der Waals surface area (Å²) in [4.78, 5) is 7.63. The van der Waals surface area contributed by atoms with Crippen LogP contribution >= 0.6 is 11.8 Å². The fourth-order valence-corrected chi connectivity index (χ4v) is 9.21. The second-order valence-corrected chi connectivity index (χ2v) is 13.6. The summed E-state index contributed by atoms with van der Waals surface area (Å²) in [6, 6.07) is 58.8. The summed E-state index contributed by atoms with van der Waals surface area (Å²) in [5.41, 5.74) is 21.3. The van der Waals surface area contributed by atoms with Gasteiger partial charge in [-0.1, -0.05) is 127 Å². The van der Waals surface area contributed by atoms with Crippen LogP contribution in [0.5, 0.6) is 0 Å². The number of nitrogens with zero attached hydrogens (tertiary/aromatic N) is 2. The molecule has 4 heteroatoms. The van der Waals surface area contributed by atoms with Crippen molar-refractivity contribution in [2.45, 2.75) is 15.2 Å². The van der Waals surface area contributed by atoms with Gasteiger partial charge >= 0.3 is 0 Å². The van der Waals surface area contributed by atoms with E-state index in [0.717, 1.165) is 44.9 Å². The van der Waals surface area contributed by atoms with E-state index in [9.17, 15) is 0 Å². The number of para-hydroxylation sites is 2. The molecule has 2 heterocycles. The standard InChI is InChI=1S/C44H29N3S/c45-38-27-33-31-14-4-5-15-34(31)44(35-16-6-10-20-41(35)48-42-21-11-7-17-36(42)44)37(33)26-32(38)28-22-24-30(25-23-28)47-40-19-9-8-18-39(40)46-43(47)29-12-2-1-3-13-29/h1-27H,45H2. The Morgan fingerprint density at radius 2 is 1.12 bits per heavy atom. The number of nitrogens with two attached hydrogens (primary N) is 1. The van der Waals surface area contributed by atoms with Crippen molar-refractivity contribution in [3.8, 4) is 39.3 Å². The quantitative estimate of drug-likeness (QED) is 0.197. The third kappa shape index (κ3) is 3.75. The molecule has 2 aliphatic rings. The van der Waals surface area contributed by atoms with E-state index in [-0.39, 0.29) is 0 Å². The molecule has 2 N–H and O–H groups in total. The Kier molecular flexibility index (Phi) is 5.87. The highest BCUT2D eigenvalue weighted by atomic mass is 32.2. The highest BCUT2D eigenvalue weighted by Crippen LogP contribution is 2.62. The summed E-state index contributed by atoms with van der Waals surface area (Å²) < 4.78 is 2.25. The monoisotopic (exact) mass is 631 g/mol. The van der Waals surface area contributed by atoms with Crippen LogP contribution in [0.1, 0.15) is 22.3 Å². The number of rotatable bonds is 3. The number of fused-ring (bicyclic) bond motifs is 10. The van der Waals surface area contributed by atoms with Crippen LogP contribution in [0.25, 0.3) is 50.4 Å². The van der Waals surface area contributed by atoms with Gasteiger partial charge in [-0.2, -0.15) is 0 Å². The van der Waals surface area contributed by atoms with Crippen molar-refractivity contribution in [1.29, 1.82) is 0 Å². The molecule has 48 heavy (non-hydrogen) atoms. The van der Waals surface area contributed by atoms with Gasteiger partial charge in [-0.15, -0.1) is 0 Å². The molecule has 10 rings (SSSR count). The number of benzene rings is 7. The molecule has 0 saturated heterocycles. The van der Waals surface area contributed by atoms with Crippen LogP contribution in [0.2, 0.25) is 0 Å². The first-order chi connectivity index (χ1) is 23.7. The highest BCUT2D eigenvalue weighted by molar-refractivity contribution is 7.99. The minimum absolute atomic E-state index is 0.437. The molecule has 7 aromatic carbocycles. The van der Waals surface area contributed by atoms with Gasteiger partial charge in [-0.05, 0) is 87.5 Å². The van der Waals surface area contributed by atoms with Gasteiger partial charge in [-0.25, -0.2) is 4.98 Å². The van der Waals surface area contributed by atoms with Crippen molar-refractivity contribution in [3.63, 3.8) is 0 Å². The van der Waals surface area contributed by atoms with E-state index in [4.69, 9.17) is 10.7 Å². The van der Waals surface area contributed by atoms with Gasteiger partial charge in [-0.3, -0.25) is 4.57 Å². The van der Waals surface area contributed by atoms with Gasteiger partial charge in [0, 0.05) is 32.3 Å². The second kappa shape index (κ2) is 10.3. The van der Waals surface area contributed by atoms with Crippen LogP contribution in [-0.2, 0) is 5.41 Å². The van der Waals surface area contributed by atoms with Gasteiger partial charge in [0.25, 0.3) is 0 Å². The Balaban J connectivity index is 1.17. The molecule has 226 valence electrons. The third-order valence-electron chi connectivity index (χ3n) is 10.0. The molecule has 0 fully saturated rings. The summed E-state index contributed by atoms with van der Waals surface area (Å²) in [5.74, 6) is 0.925. The number of hydrogen-bond acceptors (Lipinski definition) is 3. The van der Waals surface area contributed by atoms with Crippen LogP contribution in [0.15, 0.2) is 174 Å². The first-order valence-electron chi connectivity index (χ1n) is 16.3. The largest absolute Gasteiger partial charge is 0.398 e. The zero-order valence-electron chi connectivity index (χ0n) is 26.0. The highest BCUT2D eigenvalue weighted by Gasteiger charge is 2.50. The SMILES string of the molecule is Nc1cc2c(cc1-c1ccc(-n3c(-c4ccccc4)nc4ccccc43)cc1)C1(c3ccccc3Sc3ccccc31)c1ccccc1-2. The third-order valence-corrected chi connectivity index (χ3v) is 11.2. The molecule has 0 saturated carbocycles. The molecule has 3 nitrogen and oxygen atoms in total. The molecule has 0 radical (unpaired) electrons. The van der Waals surface area contributed by atoms with Crippen molar-refractivity contribution < 1.29 is 0 Å². The Bertz CT molecular complexity index is 2500. The molecule has 1 aliphatic heterocycles. The van der Waals surface area contributed by atoms with Crippen LogP contribution in [0, 0.1) is 0 Å². The molecule has 0 bridgehead atoms. The van der Waals surface area contributed by atoms with E-state index in [1.807, 2.05) is 23.9 Å². The summed E-state index contributed by atoms with van der Waals surface area (Å²) >= 11 is 1.86. The van der Waals surface area contributed by atoms with E-state index < -0.39 is 5.41 Å². The molecular weight excluding hydrogens is 603 g/mol. The number of nitrogen functional groups attached to an aromatic ring is 1. The number of anilines is 1. The fraction of sp³-hybridized carbons (Fsp3) is 0.0227. The molecule has 0 unspecified atom stereocenters. The van der Waals surface area contributed by atoms with Crippen LogP contribution in [0.4, 0.5) is 5.69 Å². The first-order valence-corrected chi connectivity index (χ1v) is 17.1. The van der Waals surface area contributed by atoms with E-state index in [1.165, 1.54) is 43.2 Å². The van der Waals surface area contributed by atoms with Gasteiger partial charge < -0.3 is 5.73 Å². The fourth-order valence-electron chi connectivity index (χ4n) is 8.02. The smallest absolute Gasteiger partial charge is 0.145 e. The van der Waals surface area contributed by atoms with E-state index in [1.54, 1.807) is 0 Å². The van der Waals surface area contributed by atoms with E-state index in [2.05, 4.69) is 156 Å². The molecule has 1 aliphatic carbocycles. The van der Waals surface area contributed by atoms with E-state index >= 15 is 0 Å². The lowest BCUT2D eigenvalue weighted by atomic mass is 9.67. The first kappa shape index (κ1) is 27.3. The summed E-state index contributed by atoms with van der Waals surface area (Å²) in [6.45, 7) is 0. The van der Waals surface area contributed by atoms with Crippen molar-refractivity contribution in [1.82, 2.24) is 9.55 Å². The van der Waals surface area contributed by atoms with Gasteiger partial charge in [0.1, 0.15) is 5.82 Å². The maximum absolute atomic E-state index is 6.98. The van der Waals surface area contributed by atoms with Crippen LogP contribution in [0.3, 0.4) is 0 Å². The zero-order valence-corrected chi connectivity index (χ0v) is 26.8. The Morgan fingerprint density at radius 1 is 0.500 bits per heavy atom.